The van der Waals surface area contributed by atoms with Crippen LogP contribution in [-0.2, 0) is 9.59 Å². The first-order valence-electron chi connectivity index (χ1n) is 10.7. The molecule has 1 N–H and O–H groups in total. The molecule has 160 valence electrons. The number of nitrogens with zero attached hydrogens (tertiary/aromatic N) is 3. The average Bonchev–Trinajstić information content (AvgIpc) is 3.53. The molecule has 1 aliphatic carbocycles. The van der Waals surface area contributed by atoms with Crippen molar-refractivity contribution in [3.05, 3.63) is 24.3 Å². The van der Waals surface area contributed by atoms with Gasteiger partial charge in [0.05, 0.1) is 7.11 Å². The number of likely N-dealkylation sites (tertiary alicyclic amines) is 1. The molecule has 1 saturated heterocycles. The molecule has 1 aromatic carbocycles. The molecule has 2 amide bonds. The highest BCUT2D eigenvalue weighted by atomic mass is 32.1. The first-order chi connectivity index (χ1) is 14.6. The molecule has 1 unspecified atom stereocenters. The molecule has 2 fully saturated rings. The summed E-state index contributed by atoms with van der Waals surface area (Å²) in [4.78, 5) is 27.3. The van der Waals surface area contributed by atoms with Gasteiger partial charge in [0, 0.05) is 18.5 Å². The molecular formula is C22H28N4O3S. The van der Waals surface area contributed by atoms with Gasteiger partial charge in [-0.1, -0.05) is 49.2 Å². The zero-order valence-corrected chi connectivity index (χ0v) is 18.1. The molecule has 8 heteroatoms. The lowest BCUT2D eigenvalue weighted by Crippen LogP contribution is -2.43. The van der Waals surface area contributed by atoms with Crippen LogP contribution in [0.2, 0.25) is 0 Å². The SMILES string of the molecule is COc1cccc(-c2nnc(NC(=O)C3CCCN3C(=O)CCC3CCCC3)s2)c1. The summed E-state index contributed by atoms with van der Waals surface area (Å²) in [5, 5.41) is 12.3. The van der Waals surface area contributed by atoms with Crippen molar-refractivity contribution in [3.63, 3.8) is 0 Å². The van der Waals surface area contributed by atoms with Crippen LogP contribution < -0.4 is 10.1 Å². The van der Waals surface area contributed by atoms with E-state index in [0.29, 0.717) is 35.4 Å². The summed E-state index contributed by atoms with van der Waals surface area (Å²) in [6.07, 6.45) is 8.10. The number of amides is 2. The summed E-state index contributed by atoms with van der Waals surface area (Å²) in [6, 6.07) is 7.15. The predicted octanol–water partition coefficient (Wildman–Crippen LogP) is 4.11. The van der Waals surface area contributed by atoms with Crippen molar-refractivity contribution in [2.24, 2.45) is 5.92 Å². The van der Waals surface area contributed by atoms with Crippen molar-refractivity contribution in [1.29, 1.82) is 0 Å². The zero-order valence-electron chi connectivity index (χ0n) is 17.3. The van der Waals surface area contributed by atoms with Crippen molar-refractivity contribution in [3.8, 4) is 16.3 Å². The van der Waals surface area contributed by atoms with E-state index in [2.05, 4.69) is 15.5 Å². The minimum atomic E-state index is -0.412. The van der Waals surface area contributed by atoms with E-state index in [1.165, 1.54) is 37.0 Å². The molecule has 7 nitrogen and oxygen atoms in total. The van der Waals surface area contributed by atoms with E-state index in [9.17, 15) is 9.59 Å². The average molecular weight is 429 g/mol. The Bertz CT molecular complexity index is 894. The lowest BCUT2D eigenvalue weighted by atomic mass is 10.0. The van der Waals surface area contributed by atoms with Crippen LogP contribution in [0.1, 0.15) is 51.4 Å². The summed E-state index contributed by atoms with van der Waals surface area (Å²) < 4.78 is 5.25. The second-order valence-electron chi connectivity index (χ2n) is 8.07. The number of hydrogen-bond donors (Lipinski definition) is 1. The highest BCUT2D eigenvalue weighted by Crippen LogP contribution is 2.31. The van der Waals surface area contributed by atoms with Crippen LogP contribution in [0.15, 0.2) is 24.3 Å². The standard InChI is InChI=1S/C22H28N4O3S/c1-29-17-9-4-8-16(14-17)21-24-25-22(30-21)23-20(28)18-10-5-13-26(18)19(27)12-11-15-6-2-3-7-15/h4,8-9,14-15,18H,2-3,5-7,10-13H2,1H3,(H,23,25,28). The highest BCUT2D eigenvalue weighted by Gasteiger charge is 2.34. The van der Waals surface area contributed by atoms with Crippen LogP contribution in [0.3, 0.4) is 0 Å². The van der Waals surface area contributed by atoms with E-state index in [-0.39, 0.29) is 11.8 Å². The molecular weight excluding hydrogens is 400 g/mol. The van der Waals surface area contributed by atoms with Gasteiger partial charge in [0.1, 0.15) is 16.8 Å². The number of rotatable bonds is 7. The normalized spacial score (nSPS) is 19.2. The Morgan fingerprint density at radius 1 is 1.20 bits per heavy atom. The number of nitrogens with one attached hydrogen (secondary N) is 1. The summed E-state index contributed by atoms with van der Waals surface area (Å²) in [5.74, 6) is 1.36. The first-order valence-corrected chi connectivity index (χ1v) is 11.5. The second-order valence-corrected chi connectivity index (χ2v) is 9.05. The molecule has 4 rings (SSSR count). The Labute approximate surface area is 180 Å². The van der Waals surface area contributed by atoms with Gasteiger partial charge in [-0.3, -0.25) is 14.9 Å². The molecule has 1 saturated carbocycles. The van der Waals surface area contributed by atoms with Gasteiger partial charge in [0.2, 0.25) is 16.9 Å². The van der Waals surface area contributed by atoms with Crippen molar-refractivity contribution in [1.82, 2.24) is 15.1 Å². The topological polar surface area (TPSA) is 84.4 Å². The fourth-order valence-corrected chi connectivity index (χ4v) is 5.19. The number of aromatic nitrogens is 2. The largest absolute Gasteiger partial charge is 0.497 e. The number of methoxy groups -OCH3 is 1. The summed E-state index contributed by atoms with van der Waals surface area (Å²) in [7, 11) is 1.62. The Kier molecular flexibility index (Phi) is 6.62. The molecule has 1 aromatic heterocycles. The quantitative estimate of drug-likeness (QED) is 0.717. The first kappa shape index (κ1) is 20.8. The number of anilines is 1. The van der Waals surface area contributed by atoms with Gasteiger partial charge in [0.15, 0.2) is 0 Å². The maximum atomic E-state index is 12.9. The highest BCUT2D eigenvalue weighted by molar-refractivity contribution is 7.18. The third kappa shape index (κ3) is 4.80. The molecule has 0 radical (unpaired) electrons. The van der Waals surface area contributed by atoms with E-state index in [4.69, 9.17) is 4.74 Å². The van der Waals surface area contributed by atoms with Crippen molar-refractivity contribution < 1.29 is 14.3 Å². The minimum Gasteiger partial charge on any atom is -0.497 e. The Morgan fingerprint density at radius 2 is 2.03 bits per heavy atom. The van der Waals surface area contributed by atoms with Crippen molar-refractivity contribution >= 4 is 28.3 Å². The summed E-state index contributed by atoms with van der Waals surface area (Å²) in [5.41, 5.74) is 0.886. The van der Waals surface area contributed by atoms with Crippen LogP contribution >= 0.6 is 11.3 Å². The van der Waals surface area contributed by atoms with Crippen LogP contribution in [0.5, 0.6) is 5.75 Å². The Balaban J connectivity index is 1.35. The third-order valence-corrected chi connectivity index (χ3v) is 6.98. The fourth-order valence-electron chi connectivity index (χ4n) is 4.44. The second kappa shape index (κ2) is 9.55. The molecule has 2 heterocycles. The maximum absolute atomic E-state index is 12.9. The van der Waals surface area contributed by atoms with E-state index in [1.807, 2.05) is 24.3 Å². The monoisotopic (exact) mass is 428 g/mol. The van der Waals surface area contributed by atoms with Gasteiger partial charge in [-0.15, -0.1) is 10.2 Å². The lowest BCUT2D eigenvalue weighted by molar-refractivity contribution is -0.136. The molecule has 0 spiro atoms. The molecule has 30 heavy (non-hydrogen) atoms. The number of hydrogen-bond acceptors (Lipinski definition) is 6. The van der Waals surface area contributed by atoms with Crippen LogP contribution in [0, 0.1) is 5.92 Å². The van der Waals surface area contributed by atoms with Crippen LogP contribution in [-0.4, -0.2) is 46.6 Å². The maximum Gasteiger partial charge on any atom is 0.249 e. The van der Waals surface area contributed by atoms with E-state index >= 15 is 0 Å². The number of ether oxygens (including phenoxy) is 1. The van der Waals surface area contributed by atoms with Gasteiger partial charge < -0.3 is 9.64 Å². The summed E-state index contributed by atoms with van der Waals surface area (Å²) in [6.45, 7) is 0.659. The van der Waals surface area contributed by atoms with Crippen molar-refractivity contribution in [2.45, 2.75) is 57.4 Å². The molecule has 1 aliphatic heterocycles. The smallest absolute Gasteiger partial charge is 0.249 e. The number of benzene rings is 1. The minimum absolute atomic E-state index is 0.105. The Morgan fingerprint density at radius 3 is 2.83 bits per heavy atom. The van der Waals surface area contributed by atoms with Gasteiger partial charge in [-0.05, 0) is 37.3 Å². The van der Waals surface area contributed by atoms with Crippen molar-refractivity contribution in [2.75, 3.05) is 19.0 Å². The molecule has 2 aliphatic rings. The number of carbonyl (C=O) groups is 2. The van der Waals surface area contributed by atoms with E-state index in [0.717, 1.165) is 24.2 Å². The Hall–Kier alpha value is -2.48. The molecule has 0 bridgehead atoms. The predicted molar refractivity (Wildman–Crippen MR) is 116 cm³/mol. The molecule has 2 aromatic rings. The third-order valence-electron chi connectivity index (χ3n) is 6.09. The van der Waals surface area contributed by atoms with E-state index < -0.39 is 6.04 Å². The zero-order chi connectivity index (χ0) is 20.9. The van der Waals surface area contributed by atoms with Crippen LogP contribution in [0.4, 0.5) is 5.13 Å². The van der Waals surface area contributed by atoms with Crippen LogP contribution in [0.25, 0.3) is 10.6 Å². The van der Waals surface area contributed by atoms with Gasteiger partial charge >= 0.3 is 0 Å². The van der Waals surface area contributed by atoms with Gasteiger partial charge in [0.25, 0.3) is 0 Å². The fraction of sp³-hybridized carbons (Fsp3) is 0.545. The van der Waals surface area contributed by atoms with E-state index in [1.54, 1.807) is 12.0 Å². The lowest BCUT2D eigenvalue weighted by Gasteiger charge is -2.24. The summed E-state index contributed by atoms with van der Waals surface area (Å²) >= 11 is 1.32. The number of carbonyl (C=O) groups excluding carboxylic acids is 2. The van der Waals surface area contributed by atoms with Gasteiger partial charge in [-0.2, -0.15) is 0 Å². The molecule has 1 atom stereocenters. The van der Waals surface area contributed by atoms with Gasteiger partial charge in [-0.25, -0.2) is 0 Å².